The first-order valence-electron chi connectivity index (χ1n) is 10.1. The first-order chi connectivity index (χ1) is 14.0. The Kier molecular flexibility index (Phi) is 4.22. The number of aromatic nitrogens is 6. The Morgan fingerprint density at radius 1 is 1.24 bits per heavy atom. The van der Waals surface area contributed by atoms with Crippen LogP contribution in [0.4, 0.5) is 10.3 Å². The van der Waals surface area contributed by atoms with E-state index < -0.39 is 5.67 Å². The average molecular weight is 393 g/mol. The fourth-order valence-corrected chi connectivity index (χ4v) is 4.35. The van der Waals surface area contributed by atoms with Gasteiger partial charge in [0.2, 0.25) is 11.7 Å². The van der Waals surface area contributed by atoms with Gasteiger partial charge in [-0.05, 0) is 38.2 Å². The maximum Gasteiger partial charge on any atom is 0.241 e. The van der Waals surface area contributed by atoms with Crippen molar-refractivity contribution >= 4 is 17.2 Å². The van der Waals surface area contributed by atoms with E-state index in [2.05, 4.69) is 32.3 Å². The van der Waals surface area contributed by atoms with Gasteiger partial charge in [-0.2, -0.15) is 0 Å². The van der Waals surface area contributed by atoms with Crippen molar-refractivity contribution in [2.45, 2.75) is 45.2 Å². The lowest BCUT2D eigenvalue weighted by Gasteiger charge is -2.33. The molecule has 0 amide bonds. The van der Waals surface area contributed by atoms with Gasteiger partial charge in [-0.15, -0.1) is 5.10 Å². The second kappa shape index (κ2) is 6.79. The van der Waals surface area contributed by atoms with Crippen molar-refractivity contribution in [2.24, 2.45) is 5.92 Å². The summed E-state index contributed by atoms with van der Waals surface area (Å²) in [6.07, 6.45) is 12.5. The van der Waals surface area contributed by atoms with Crippen molar-refractivity contribution in [3.8, 4) is 11.1 Å². The first kappa shape index (κ1) is 18.0. The van der Waals surface area contributed by atoms with Crippen LogP contribution in [0.5, 0.6) is 0 Å². The van der Waals surface area contributed by atoms with Crippen LogP contribution >= 0.6 is 0 Å². The summed E-state index contributed by atoms with van der Waals surface area (Å²) in [5.74, 6) is 1.54. The number of halogens is 1. The highest BCUT2D eigenvalue weighted by atomic mass is 19.1. The molecule has 0 aromatic carbocycles. The van der Waals surface area contributed by atoms with Gasteiger partial charge in [-0.3, -0.25) is 4.40 Å². The molecule has 5 rings (SSSR count). The molecule has 2 atom stereocenters. The molecule has 7 nitrogen and oxygen atoms in total. The van der Waals surface area contributed by atoms with E-state index >= 15 is 4.39 Å². The van der Waals surface area contributed by atoms with Crippen LogP contribution in [0.15, 0.2) is 37.1 Å². The van der Waals surface area contributed by atoms with Gasteiger partial charge in [-0.1, -0.05) is 13.3 Å². The van der Waals surface area contributed by atoms with E-state index in [4.69, 9.17) is 0 Å². The number of fused-ring (bicyclic) bond motifs is 2. The van der Waals surface area contributed by atoms with E-state index in [-0.39, 0.29) is 6.54 Å². The Morgan fingerprint density at radius 3 is 2.97 bits per heavy atom. The van der Waals surface area contributed by atoms with E-state index in [1.807, 2.05) is 29.8 Å². The van der Waals surface area contributed by atoms with Crippen molar-refractivity contribution < 1.29 is 4.39 Å². The predicted octanol–water partition coefficient (Wildman–Crippen LogP) is 4.08. The zero-order chi connectivity index (χ0) is 20.0. The summed E-state index contributed by atoms with van der Waals surface area (Å²) < 4.78 is 18.8. The van der Waals surface area contributed by atoms with Crippen molar-refractivity contribution in [1.29, 1.82) is 0 Å². The minimum atomic E-state index is -1.18. The molecule has 8 heteroatoms. The minimum absolute atomic E-state index is 0.247. The summed E-state index contributed by atoms with van der Waals surface area (Å²) in [4.78, 5) is 13.1. The van der Waals surface area contributed by atoms with Gasteiger partial charge in [0, 0.05) is 35.4 Å². The second-order valence-corrected chi connectivity index (χ2v) is 8.26. The zero-order valence-corrected chi connectivity index (χ0v) is 16.6. The molecule has 0 saturated heterocycles. The van der Waals surface area contributed by atoms with Crippen LogP contribution in [0.1, 0.15) is 38.3 Å². The second-order valence-electron chi connectivity index (χ2n) is 8.26. The Bertz CT molecular complexity index is 1180. The fraction of sp³-hybridized carbons (Fsp3) is 0.429. The molecule has 2 unspecified atom stereocenters. The smallest absolute Gasteiger partial charge is 0.241 e. The molecular weight excluding hydrogens is 369 g/mol. The third-order valence-corrected chi connectivity index (χ3v) is 5.88. The number of imidazole rings is 1. The van der Waals surface area contributed by atoms with E-state index in [1.165, 1.54) is 0 Å². The summed E-state index contributed by atoms with van der Waals surface area (Å²) in [5, 5.41) is 7.62. The highest BCUT2D eigenvalue weighted by Gasteiger charge is 2.34. The molecule has 1 saturated carbocycles. The van der Waals surface area contributed by atoms with Crippen molar-refractivity contribution in [2.75, 3.05) is 11.9 Å². The lowest BCUT2D eigenvalue weighted by atomic mass is 9.80. The Hall–Kier alpha value is -3.03. The number of anilines is 1. The molecule has 150 valence electrons. The predicted molar refractivity (Wildman–Crippen MR) is 110 cm³/mol. The zero-order valence-electron chi connectivity index (χ0n) is 16.6. The molecule has 1 aliphatic rings. The Morgan fingerprint density at radius 2 is 2.10 bits per heavy atom. The molecule has 1 fully saturated rings. The lowest BCUT2D eigenvalue weighted by Crippen LogP contribution is -2.37. The summed E-state index contributed by atoms with van der Waals surface area (Å²) in [6.45, 7) is 4.36. The number of hydrogen-bond donors (Lipinski definition) is 1. The number of hydrogen-bond acceptors (Lipinski definition) is 5. The Labute approximate surface area is 168 Å². The summed E-state index contributed by atoms with van der Waals surface area (Å²) in [6, 6.07) is 1.99. The number of aryl methyl sites for hydroxylation is 1. The lowest BCUT2D eigenvalue weighted by molar-refractivity contribution is 0.0934. The van der Waals surface area contributed by atoms with Gasteiger partial charge in [0.05, 0.1) is 24.5 Å². The van der Waals surface area contributed by atoms with E-state index in [0.717, 1.165) is 35.2 Å². The normalized spacial score (nSPS) is 22.4. The van der Waals surface area contributed by atoms with E-state index in [9.17, 15) is 0 Å². The molecule has 0 spiro atoms. The van der Waals surface area contributed by atoms with Gasteiger partial charge in [-0.25, -0.2) is 23.9 Å². The first-order valence-corrected chi connectivity index (χ1v) is 10.1. The van der Waals surface area contributed by atoms with Crippen LogP contribution in [0.3, 0.4) is 0 Å². The van der Waals surface area contributed by atoms with Gasteiger partial charge in [0.15, 0.2) is 0 Å². The third-order valence-electron chi connectivity index (χ3n) is 5.88. The van der Waals surface area contributed by atoms with Gasteiger partial charge in [0.1, 0.15) is 5.67 Å². The van der Waals surface area contributed by atoms with Crippen LogP contribution in [0, 0.1) is 12.8 Å². The van der Waals surface area contributed by atoms with Gasteiger partial charge < -0.3 is 5.32 Å². The molecule has 1 aliphatic carbocycles. The maximum atomic E-state index is 15.0. The molecule has 0 radical (unpaired) electrons. The largest absolute Gasteiger partial charge is 0.350 e. The summed E-state index contributed by atoms with van der Waals surface area (Å²) >= 11 is 0. The summed E-state index contributed by atoms with van der Waals surface area (Å²) in [5.41, 5.74) is 2.67. The maximum absolute atomic E-state index is 15.0. The van der Waals surface area contributed by atoms with Crippen LogP contribution in [-0.4, -0.2) is 41.2 Å². The molecule has 0 aliphatic heterocycles. The van der Waals surface area contributed by atoms with Crippen molar-refractivity contribution in [3.05, 3.63) is 42.7 Å². The third kappa shape index (κ3) is 3.32. The standard InChI is InChI=1S/C21H24FN7/c1-14-4-3-6-21(22,8-14)13-26-19-23-11-18-17(5-7-29(18)27-19)16-10-25-20-24-9-15(2)28(20)12-16/h5,7,9-12,14H,3-4,6,8,13H2,1-2H3,(H,26,27). The molecule has 4 aromatic rings. The average Bonchev–Trinajstić information content (AvgIpc) is 3.29. The molecule has 4 aromatic heterocycles. The van der Waals surface area contributed by atoms with E-state index in [1.54, 1.807) is 23.1 Å². The number of alkyl halides is 1. The van der Waals surface area contributed by atoms with Crippen molar-refractivity contribution in [3.63, 3.8) is 0 Å². The number of rotatable bonds is 4. The van der Waals surface area contributed by atoms with Gasteiger partial charge >= 0.3 is 0 Å². The van der Waals surface area contributed by atoms with Crippen LogP contribution < -0.4 is 5.32 Å². The molecule has 4 heterocycles. The highest BCUT2D eigenvalue weighted by Crippen LogP contribution is 2.35. The molecule has 1 N–H and O–H groups in total. The number of nitrogens with one attached hydrogen (secondary N) is 1. The summed E-state index contributed by atoms with van der Waals surface area (Å²) in [7, 11) is 0. The van der Waals surface area contributed by atoms with Crippen molar-refractivity contribution in [1.82, 2.24) is 29.0 Å². The van der Waals surface area contributed by atoms with E-state index in [0.29, 0.717) is 30.5 Å². The monoisotopic (exact) mass is 393 g/mol. The minimum Gasteiger partial charge on any atom is -0.350 e. The fourth-order valence-electron chi connectivity index (χ4n) is 4.35. The van der Waals surface area contributed by atoms with Gasteiger partial charge in [0.25, 0.3) is 0 Å². The molecular formula is C21H24FN7. The Balaban J connectivity index is 1.40. The van der Waals surface area contributed by atoms with Crippen LogP contribution in [0.2, 0.25) is 0 Å². The topological polar surface area (TPSA) is 72.4 Å². The van der Waals surface area contributed by atoms with Crippen LogP contribution in [-0.2, 0) is 0 Å². The quantitative estimate of drug-likeness (QED) is 0.566. The molecule has 0 bridgehead atoms. The SMILES string of the molecule is Cc1cnc2ncc(-c3ccn4nc(NCC5(F)CCCC(C)C5)ncc34)cn12. The molecule has 29 heavy (non-hydrogen) atoms. The highest BCUT2D eigenvalue weighted by molar-refractivity contribution is 5.79. The number of nitrogens with zero attached hydrogens (tertiary/aromatic N) is 6. The van der Waals surface area contributed by atoms with Crippen LogP contribution in [0.25, 0.3) is 22.4 Å².